The summed E-state index contributed by atoms with van der Waals surface area (Å²) in [5, 5.41) is 1.39. The maximum atomic E-state index is 5.72. The second kappa shape index (κ2) is 5.03. The van der Waals surface area contributed by atoms with Gasteiger partial charge in [-0.25, -0.2) is 0 Å². The monoisotopic (exact) mass is 298 g/mol. The van der Waals surface area contributed by atoms with Crippen molar-refractivity contribution in [2.75, 3.05) is 0 Å². The van der Waals surface area contributed by atoms with Crippen LogP contribution in [0.3, 0.4) is 0 Å². The van der Waals surface area contributed by atoms with Crippen molar-refractivity contribution in [1.82, 2.24) is 0 Å². The van der Waals surface area contributed by atoms with Crippen LogP contribution >= 0.6 is 45.8 Å². The van der Waals surface area contributed by atoms with E-state index in [2.05, 4.69) is 22.6 Å². The minimum absolute atomic E-state index is 0. The zero-order chi connectivity index (χ0) is 6.85. The summed E-state index contributed by atoms with van der Waals surface area (Å²) < 4.78 is 1.03. The molecule has 0 nitrogen and oxygen atoms in total. The molecule has 0 unspecified atom stereocenters. The fourth-order valence-corrected chi connectivity index (χ4v) is 1.21. The number of benzene rings is 1. The number of rotatable bonds is 0. The smallest absolute Gasteiger partial charge is 1.00 e. The topological polar surface area (TPSA) is 0 Å². The minimum atomic E-state index is 0. The van der Waals surface area contributed by atoms with E-state index in [9.17, 15) is 0 Å². The zero-order valence-corrected chi connectivity index (χ0v) is 10.2. The minimum Gasteiger partial charge on any atom is -1.00 e. The molecule has 1 rings (SSSR count). The molecule has 4 heteroatoms. The second-order valence-electron chi connectivity index (χ2n) is 1.56. The number of hydrogen-bond acceptors (Lipinski definition) is 0. The third kappa shape index (κ3) is 3.13. The first-order valence-electron chi connectivity index (χ1n) is 2.30. The Labute approximate surface area is 103 Å². The van der Waals surface area contributed by atoms with Gasteiger partial charge in [0.25, 0.3) is 0 Å². The SMILES string of the molecule is Clc1ccc(I)c(Cl)c1.[H-].[H-].[Mg+2]. The van der Waals surface area contributed by atoms with Gasteiger partial charge in [-0.15, -0.1) is 0 Å². The predicted octanol–water partition coefficient (Wildman–Crippen LogP) is 3.44. The van der Waals surface area contributed by atoms with Crippen molar-refractivity contribution in [1.29, 1.82) is 0 Å². The Hall–Kier alpha value is 1.30. The first-order valence-corrected chi connectivity index (χ1v) is 4.14. The molecule has 0 saturated carbocycles. The summed E-state index contributed by atoms with van der Waals surface area (Å²) in [6.07, 6.45) is 0. The van der Waals surface area contributed by atoms with E-state index in [0.717, 1.165) is 3.57 Å². The molecule has 52 valence electrons. The summed E-state index contributed by atoms with van der Waals surface area (Å²) in [6, 6.07) is 5.42. The molecule has 0 aliphatic heterocycles. The first-order chi connectivity index (χ1) is 4.20. The summed E-state index contributed by atoms with van der Waals surface area (Å²) in [7, 11) is 0. The molecular formula is C6H5Cl2IMg. The molecule has 1 aromatic carbocycles. The molecule has 0 fully saturated rings. The predicted molar refractivity (Wildman–Crippen MR) is 57.2 cm³/mol. The van der Waals surface area contributed by atoms with Gasteiger partial charge >= 0.3 is 23.1 Å². The Kier molecular flexibility index (Phi) is 5.69. The van der Waals surface area contributed by atoms with Crippen LogP contribution in [0, 0.1) is 3.57 Å². The van der Waals surface area contributed by atoms with E-state index in [0.29, 0.717) is 10.0 Å². The van der Waals surface area contributed by atoms with Crippen molar-refractivity contribution >= 4 is 68.8 Å². The molecule has 0 radical (unpaired) electrons. The van der Waals surface area contributed by atoms with Crippen LogP contribution in [0.4, 0.5) is 0 Å². The van der Waals surface area contributed by atoms with Crippen molar-refractivity contribution in [2.45, 2.75) is 0 Å². The van der Waals surface area contributed by atoms with E-state index in [1.165, 1.54) is 0 Å². The molecular weight excluding hydrogens is 294 g/mol. The van der Waals surface area contributed by atoms with Crippen LogP contribution in [0.1, 0.15) is 2.85 Å². The molecule has 0 aliphatic carbocycles. The van der Waals surface area contributed by atoms with Crippen LogP contribution in [0.25, 0.3) is 0 Å². The molecule has 0 amide bonds. The first kappa shape index (κ1) is 11.3. The summed E-state index contributed by atoms with van der Waals surface area (Å²) in [6.45, 7) is 0. The molecule has 0 saturated heterocycles. The Morgan fingerprint density at radius 3 is 2.30 bits per heavy atom. The van der Waals surface area contributed by atoms with Crippen LogP contribution in [-0.4, -0.2) is 23.1 Å². The molecule has 0 heterocycles. The largest absolute Gasteiger partial charge is 2.00 e. The van der Waals surface area contributed by atoms with E-state index in [4.69, 9.17) is 23.2 Å². The maximum absolute atomic E-state index is 5.72. The standard InChI is InChI=1S/C6H3Cl2I.Mg.2H/c7-4-1-2-6(9)5(8)3-4;;;/h1-3H;;;/q;+2;2*-1. The summed E-state index contributed by atoms with van der Waals surface area (Å²) in [5.41, 5.74) is 0. The summed E-state index contributed by atoms with van der Waals surface area (Å²) >= 11 is 13.5. The molecule has 1 aromatic rings. The number of hydrogen-bond donors (Lipinski definition) is 0. The second-order valence-corrected chi connectivity index (χ2v) is 3.56. The molecule has 0 bridgehead atoms. The van der Waals surface area contributed by atoms with Gasteiger partial charge in [0, 0.05) is 8.59 Å². The van der Waals surface area contributed by atoms with Gasteiger partial charge in [0.1, 0.15) is 0 Å². The molecule has 0 aliphatic rings. The molecule has 0 spiro atoms. The van der Waals surface area contributed by atoms with Gasteiger partial charge in [-0.1, -0.05) is 23.2 Å². The van der Waals surface area contributed by atoms with Crippen LogP contribution < -0.4 is 0 Å². The zero-order valence-electron chi connectivity index (χ0n) is 7.07. The average Bonchev–Trinajstić information content (AvgIpc) is 1.80. The fourth-order valence-electron chi connectivity index (χ4n) is 0.470. The summed E-state index contributed by atoms with van der Waals surface area (Å²) in [5.74, 6) is 0. The average molecular weight is 299 g/mol. The Morgan fingerprint density at radius 2 is 1.90 bits per heavy atom. The third-order valence-electron chi connectivity index (χ3n) is 0.882. The Balaban J connectivity index is -0.000000270. The number of halogens is 3. The summed E-state index contributed by atoms with van der Waals surface area (Å²) in [4.78, 5) is 0. The van der Waals surface area contributed by atoms with Crippen LogP contribution in [-0.2, 0) is 0 Å². The van der Waals surface area contributed by atoms with Gasteiger partial charge in [0.05, 0.1) is 5.02 Å². The molecule has 10 heavy (non-hydrogen) atoms. The van der Waals surface area contributed by atoms with Crippen LogP contribution in [0.15, 0.2) is 18.2 Å². The van der Waals surface area contributed by atoms with Gasteiger partial charge < -0.3 is 2.85 Å². The van der Waals surface area contributed by atoms with Crippen molar-refractivity contribution in [3.63, 3.8) is 0 Å². The Morgan fingerprint density at radius 1 is 1.30 bits per heavy atom. The van der Waals surface area contributed by atoms with Gasteiger partial charge in [-0.05, 0) is 40.8 Å². The van der Waals surface area contributed by atoms with E-state index >= 15 is 0 Å². The van der Waals surface area contributed by atoms with Crippen molar-refractivity contribution < 1.29 is 2.85 Å². The van der Waals surface area contributed by atoms with Gasteiger partial charge in [0.2, 0.25) is 0 Å². The maximum Gasteiger partial charge on any atom is 2.00 e. The molecule has 0 aromatic heterocycles. The van der Waals surface area contributed by atoms with Crippen LogP contribution in [0.2, 0.25) is 10.0 Å². The molecule has 0 atom stereocenters. The van der Waals surface area contributed by atoms with Crippen molar-refractivity contribution in [3.05, 3.63) is 31.8 Å². The normalized spacial score (nSPS) is 8.70. The van der Waals surface area contributed by atoms with Crippen LogP contribution in [0.5, 0.6) is 0 Å². The van der Waals surface area contributed by atoms with Crippen molar-refractivity contribution in [3.8, 4) is 0 Å². The fraction of sp³-hybridized carbons (Fsp3) is 0. The van der Waals surface area contributed by atoms with E-state index in [1.54, 1.807) is 6.07 Å². The van der Waals surface area contributed by atoms with E-state index in [1.807, 2.05) is 12.1 Å². The van der Waals surface area contributed by atoms with Gasteiger partial charge in [-0.3, -0.25) is 0 Å². The third-order valence-corrected chi connectivity index (χ3v) is 2.69. The van der Waals surface area contributed by atoms with Gasteiger partial charge in [0.15, 0.2) is 0 Å². The quantitative estimate of drug-likeness (QED) is 0.391. The van der Waals surface area contributed by atoms with Crippen molar-refractivity contribution in [2.24, 2.45) is 0 Å². The van der Waals surface area contributed by atoms with E-state index < -0.39 is 0 Å². The Bertz CT molecular complexity index is 235. The molecule has 0 N–H and O–H groups in total. The van der Waals surface area contributed by atoms with E-state index in [-0.39, 0.29) is 25.9 Å². The van der Waals surface area contributed by atoms with Gasteiger partial charge in [-0.2, -0.15) is 0 Å².